The molecule has 0 fully saturated rings. The molecule has 1 aromatic heterocycles. The Morgan fingerprint density at radius 1 is 1.22 bits per heavy atom. The number of ketones is 1. The van der Waals surface area contributed by atoms with E-state index >= 15 is 0 Å². The average Bonchev–Trinajstić information content (AvgIpc) is 2.81. The predicted molar refractivity (Wildman–Crippen MR) is 68.0 cm³/mol. The van der Waals surface area contributed by atoms with Gasteiger partial charge in [-0.2, -0.15) is 0 Å². The maximum absolute atomic E-state index is 11.2. The first-order chi connectivity index (χ1) is 8.52. The van der Waals surface area contributed by atoms with Crippen molar-refractivity contribution in [3.63, 3.8) is 0 Å². The van der Waals surface area contributed by atoms with Gasteiger partial charge in [0.15, 0.2) is 11.5 Å². The molecule has 1 heterocycles. The molecular formula is C14H15NO3. The van der Waals surface area contributed by atoms with Gasteiger partial charge in [0.25, 0.3) is 0 Å². The molecule has 0 aliphatic carbocycles. The number of nitrogens with zero attached hydrogens (tertiary/aromatic N) is 1. The number of methoxy groups -OCH3 is 1. The first-order valence-electron chi connectivity index (χ1n) is 5.66. The highest BCUT2D eigenvalue weighted by Crippen LogP contribution is 2.32. The number of hydrogen-bond donors (Lipinski definition) is 0. The lowest BCUT2D eigenvalue weighted by Gasteiger charge is -2.09. The molecule has 0 aliphatic heterocycles. The summed E-state index contributed by atoms with van der Waals surface area (Å²) in [6.07, 6.45) is 0. The van der Waals surface area contributed by atoms with E-state index in [2.05, 4.69) is 5.16 Å². The van der Waals surface area contributed by atoms with Crippen molar-refractivity contribution >= 4 is 5.78 Å². The Balaban J connectivity index is 2.55. The Labute approximate surface area is 106 Å². The third kappa shape index (κ3) is 2.14. The van der Waals surface area contributed by atoms with Gasteiger partial charge in [-0.05, 0) is 37.1 Å². The Morgan fingerprint density at radius 2 is 1.89 bits per heavy atom. The molecular weight excluding hydrogens is 230 g/mol. The lowest BCUT2D eigenvalue weighted by atomic mass is 10.0. The zero-order valence-electron chi connectivity index (χ0n) is 10.9. The number of ether oxygens (including phenoxy) is 1. The van der Waals surface area contributed by atoms with Gasteiger partial charge in [0, 0.05) is 13.0 Å². The van der Waals surface area contributed by atoms with E-state index in [1.165, 1.54) is 6.92 Å². The molecule has 0 unspecified atom stereocenters. The van der Waals surface area contributed by atoms with Gasteiger partial charge in [-0.3, -0.25) is 4.79 Å². The summed E-state index contributed by atoms with van der Waals surface area (Å²) in [7, 11) is 1.61. The molecule has 4 nitrogen and oxygen atoms in total. The lowest BCUT2D eigenvalue weighted by molar-refractivity contribution is 0.100. The van der Waals surface area contributed by atoms with Crippen molar-refractivity contribution in [3.05, 3.63) is 35.0 Å². The summed E-state index contributed by atoms with van der Waals surface area (Å²) in [5, 5.41) is 3.74. The zero-order valence-corrected chi connectivity index (χ0v) is 10.9. The van der Waals surface area contributed by atoms with Crippen LogP contribution in [0.3, 0.4) is 0 Å². The number of aromatic nitrogens is 1. The van der Waals surface area contributed by atoms with Crippen LogP contribution < -0.4 is 4.74 Å². The highest BCUT2D eigenvalue weighted by molar-refractivity contribution is 5.93. The van der Waals surface area contributed by atoms with E-state index in [-0.39, 0.29) is 5.78 Å². The lowest BCUT2D eigenvalue weighted by Crippen LogP contribution is -1.91. The normalized spacial score (nSPS) is 10.4. The number of carbonyl (C=O) groups is 1. The average molecular weight is 245 g/mol. The van der Waals surface area contributed by atoms with Gasteiger partial charge >= 0.3 is 0 Å². The molecule has 0 saturated carbocycles. The first kappa shape index (κ1) is 12.4. The topological polar surface area (TPSA) is 52.3 Å². The molecule has 1 aromatic carbocycles. The minimum absolute atomic E-state index is 0.118. The molecule has 0 atom stereocenters. The van der Waals surface area contributed by atoms with Crippen LogP contribution in [0.4, 0.5) is 0 Å². The minimum Gasteiger partial charge on any atom is -0.496 e. The van der Waals surface area contributed by atoms with Gasteiger partial charge in [-0.15, -0.1) is 0 Å². The molecule has 0 aliphatic rings. The number of Topliss-reactive ketones (excluding diaryl/α,β-unsaturated/α-hetero) is 1. The second-order valence-corrected chi connectivity index (χ2v) is 4.27. The van der Waals surface area contributed by atoms with E-state index in [1.807, 2.05) is 26.0 Å². The van der Waals surface area contributed by atoms with Crippen molar-refractivity contribution in [1.29, 1.82) is 0 Å². The van der Waals surface area contributed by atoms with Crippen LogP contribution >= 0.6 is 0 Å². The monoisotopic (exact) mass is 245 g/mol. The van der Waals surface area contributed by atoms with Crippen LogP contribution in [0.5, 0.6) is 5.75 Å². The standard InChI is InChI=1S/C14H15NO3/c1-8-5-11(13(17-4)6-9(8)2)14-7-12(10(3)16)15-18-14/h5-7H,1-4H3. The van der Waals surface area contributed by atoms with Crippen LogP contribution in [0.25, 0.3) is 11.3 Å². The van der Waals surface area contributed by atoms with E-state index in [0.29, 0.717) is 17.2 Å². The molecule has 0 amide bonds. The Kier molecular flexibility index (Phi) is 3.19. The van der Waals surface area contributed by atoms with Gasteiger partial charge in [-0.25, -0.2) is 0 Å². The summed E-state index contributed by atoms with van der Waals surface area (Å²) in [6, 6.07) is 5.55. The van der Waals surface area contributed by atoms with Gasteiger partial charge in [0.2, 0.25) is 0 Å². The first-order valence-corrected chi connectivity index (χ1v) is 5.66. The van der Waals surface area contributed by atoms with Crippen LogP contribution in [-0.2, 0) is 0 Å². The molecule has 2 rings (SSSR count). The molecule has 4 heteroatoms. The number of carbonyl (C=O) groups excluding carboxylic acids is 1. The third-order valence-corrected chi connectivity index (χ3v) is 2.95. The van der Waals surface area contributed by atoms with Gasteiger partial charge in [-0.1, -0.05) is 5.16 Å². The highest BCUT2D eigenvalue weighted by Gasteiger charge is 2.15. The van der Waals surface area contributed by atoms with Crippen LogP contribution in [0, 0.1) is 13.8 Å². The number of hydrogen-bond acceptors (Lipinski definition) is 4. The molecule has 94 valence electrons. The van der Waals surface area contributed by atoms with Gasteiger partial charge < -0.3 is 9.26 Å². The fraction of sp³-hybridized carbons (Fsp3) is 0.286. The van der Waals surface area contributed by atoms with Crippen molar-refractivity contribution in [2.75, 3.05) is 7.11 Å². The zero-order chi connectivity index (χ0) is 13.3. The van der Waals surface area contributed by atoms with Crippen LogP contribution in [0.1, 0.15) is 28.5 Å². The number of benzene rings is 1. The van der Waals surface area contributed by atoms with Gasteiger partial charge in [0.05, 0.1) is 12.7 Å². The second-order valence-electron chi connectivity index (χ2n) is 4.27. The maximum Gasteiger partial charge on any atom is 0.181 e. The molecule has 18 heavy (non-hydrogen) atoms. The van der Waals surface area contributed by atoms with E-state index in [9.17, 15) is 4.79 Å². The van der Waals surface area contributed by atoms with Crippen molar-refractivity contribution in [3.8, 4) is 17.1 Å². The minimum atomic E-state index is -0.118. The molecule has 0 bridgehead atoms. The summed E-state index contributed by atoms with van der Waals surface area (Å²) in [6.45, 7) is 5.49. The molecule has 0 spiro atoms. The smallest absolute Gasteiger partial charge is 0.181 e. The molecule has 0 radical (unpaired) electrons. The summed E-state index contributed by atoms with van der Waals surface area (Å²) >= 11 is 0. The third-order valence-electron chi connectivity index (χ3n) is 2.95. The Hall–Kier alpha value is -2.10. The summed E-state index contributed by atoms with van der Waals surface area (Å²) < 4.78 is 10.5. The maximum atomic E-state index is 11.2. The van der Waals surface area contributed by atoms with Gasteiger partial charge in [0.1, 0.15) is 11.4 Å². The summed E-state index contributed by atoms with van der Waals surface area (Å²) in [5.74, 6) is 1.14. The number of rotatable bonds is 3. The van der Waals surface area contributed by atoms with E-state index in [1.54, 1.807) is 13.2 Å². The van der Waals surface area contributed by atoms with Crippen molar-refractivity contribution < 1.29 is 14.1 Å². The molecule has 2 aromatic rings. The highest BCUT2D eigenvalue weighted by atomic mass is 16.5. The quantitative estimate of drug-likeness (QED) is 0.779. The van der Waals surface area contributed by atoms with Crippen molar-refractivity contribution in [2.24, 2.45) is 0 Å². The van der Waals surface area contributed by atoms with E-state index in [4.69, 9.17) is 9.26 Å². The SMILES string of the molecule is COc1cc(C)c(C)cc1-c1cc(C(C)=O)no1. The Morgan fingerprint density at radius 3 is 2.44 bits per heavy atom. The van der Waals surface area contributed by atoms with Crippen molar-refractivity contribution in [2.45, 2.75) is 20.8 Å². The molecule has 0 N–H and O–H groups in total. The fourth-order valence-electron chi connectivity index (χ4n) is 1.72. The Bertz CT molecular complexity index is 599. The fourth-order valence-corrected chi connectivity index (χ4v) is 1.72. The second kappa shape index (κ2) is 4.64. The van der Waals surface area contributed by atoms with E-state index in [0.717, 1.165) is 16.7 Å². The number of aryl methyl sites for hydroxylation is 2. The van der Waals surface area contributed by atoms with Crippen LogP contribution in [-0.4, -0.2) is 18.0 Å². The van der Waals surface area contributed by atoms with Crippen LogP contribution in [0.15, 0.2) is 22.7 Å². The van der Waals surface area contributed by atoms with E-state index < -0.39 is 0 Å². The summed E-state index contributed by atoms with van der Waals surface area (Å²) in [5.41, 5.74) is 3.40. The van der Waals surface area contributed by atoms with Crippen molar-refractivity contribution in [1.82, 2.24) is 5.16 Å². The largest absolute Gasteiger partial charge is 0.496 e. The molecule has 0 saturated heterocycles. The summed E-state index contributed by atoms with van der Waals surface area (Å²) in [4.78, 5) is 11.2. The van der Waals surface area contributed by atoms with Crippen LogP contribution in [0.2, 0.25) is 0 Å². The predicted octanol–water partition coefficient (Wildman–Crippen LogP) is 3.17.